The van der Waals surface area contributed by atoms with Gasteiger partial charge < -0.3 is 15.3 Å². The van der Waals surface area contributed by atoms with Crippen LogP contribution in [0.4, 0.5) is 0 Å². The van der Waals surface area contributed by atoms with Gasteiger partial charge in [-0.25, -0.2) is 0 Å². The van der Waals surface area contributed by atoms with E-state index >= 15 is 0 Å². The molecule has 2 atom stereocenters. The molecule has 124 valence electrons. The van der Waals surface area contributed by atoms with Gasteiger partial charge in [-0.2, -0.15) is 0 Å². The molecule has 2 N–H and O–H groups in total. The van der Waals surface area contributed by atoms with Gasteiger partial charge in [0, 0.05) is 24.5 Å². The molecule has 0 saturated carbocycles. The summed E-state index contributed by atoms with van der Waals surface area (Å²) < 4.78 is 0. The van der Waals surface area contributed by atoms with Crippen molar-refractivity contribution >= 4 is 23.4 Å². The fourth-order valence-electron chi connectivity index (χ4n) is 3.39. The predicted octanol–water partition coefficient (Wildman–Crippen LogP) is 1.89. The summed E-state index contributed by atoms with van der Waals surface area (Å²) in [6, 6.07) is 6.89. The molecule has 2 heterocycles. The van der Waals surface area contributed by atoms with Gasteiger partial charge in [-0.1, -0.05) is 23.7 Å². The van der Waals surface area contributed by atoms with Crippen LogP contribution in [0.15, 0.2) is 24.3 Å². The van der Waals surface area contributed by atoms with Gasteiger partial charge in [0.2, 0.25) is 11.8 Å². The Balaban J connectivity index is 1.54. The van der Waals surface area contributed by atoms with E-state index in [9.17, 15) is 14.7 Å². The Hall–Kier alpha value is -1.59. The van der Waals surface area contributed by atoms with Crippen molar-refractivity contribution in [2.24, 2.45) is 5.92 Å². The fourth-order valence-corrected chi connectivity index (χ4v) is 3.51. The Kier molecular flexibility index (Phi) is 4.87. The zero-order chi connectivity index (χ0) is 16.4. The van der Waals surface area contributed by atoms with Crippen LogP contribution in [0, 0.1) is 5.92 Å². The predicted molar refractivity (Wildman–Crippen MR) is 86.9 cm³/mol. The number of carbonyl (C=O) groups is 2. The number of nitrogens with zero attached hydrogens (tertiary/aromatic N) is 1. The Morgan fingerprint density at radius 3 is 2.43 bits per heavy atom. The molecule has 2 fully saturated rings. The van der Waals surface area contributed by atoms with Crippen molar-refractivity contribution in [2.75, 3.05) is 13.1 Å². The molecule has 0 bridgehead atoms. The summed E-state index contributed by atoms with van der Waals surface area (Å²) in [5, 5.41) is 13.9. The summed E-state index contributed by atoms with van der Waals surface area (Å²) in [5.41, 5.74) is 0.863. The van der Waals surface area contributed by atoms with Crippen molar-refractivity contribution in [3.05, 3.63) is 34.9 Å². The molecule has 6 heteroatoms. The first-order chi connectivity index (χ1) is 11.0. The average Bonchev–Trinajstić information content (AvgIpc) is 3.01. The molecule has 23 heavy (non-hydrogen) atoms. The van der Waals surface area contributed by atoms with Gasteiger partial charge in [-0.3, -0.25) is 9.59 Å². The Morgan fingerprint density at radius 2 is 1.87 bits per heavy atom. The summed E-state index contributed by atoms with van der Waals surface area (Å²) in [6.07, 6.45) is 2.01. The van der Waals surface area contributed by atoms with E-state index in [1.165, 1.54) is 0 Å². The number of amides is 2. The first-order valence-corrected chi connectivity index (χ1v) is 8.44. The summed E-state index contributed by atoms with van der Waals surface area (Å²) in [7, 11) is 0. The molecule has 2 amide bonds. The van der Waals surface area contributed by atoms with Crippen LogP contribution in [0.1, 0.15) is 37.4 Å². The molecule has 0 aliphatic carbocycles. The number of benzene rings is 1. The first kappa shape index (κ1) is 16.3. The van der Waals surface area contributed by atoms with Crippen LogP contribution in [0.3, 0.4) is 0 Å². The number of hydrogen-bond donors (Lipinski definition) is 2. The van der Waals surface area contributed by atoms with Gasteiger partial charge in [0.25, 0.3) is 0 Å². The third-order valence-electron chi connectivity index (χ3n) is 4.80. The molecule has 0 unspecified atom stereocenters. The molecular formula is C17H21ClN2O3. The van der Waals surface area contributed by atoms with Crippen LogP contribution in [-0.2, 0) is 9.59 Å². The lowest BCUT2D eigenvalue weighted by Gasteiger charge is -2.35. The molecule has 0 radical (unpaired) electrons. The maximum atomic E-state index is 12.4. The van der Waals surface area contributed by atoms with Gasteiger partial charge in [0.1, 0.15) is 6.04 Å². The summed E-state index contributed by atoms with van der Waals surface area (Å²) in [4.78, 5) is 25.4. The molecule has 1 aromatic carbocycles. The lowest BCUT2D eigenvalue weighted by Crippen LogP contribution is -2.48. The van der Waals surface area contributed by atoms with E-state index in [1.807, 2.05) is 12.1 Å². The third-order valence-corrected chi connectivity index (χ3v) is 5.05. The zero-order valence-electron chi connectivity index (χ0n) is 12.9. The second kappa shape index (κ2) is 6.89. The van der Waals surface area contributed by atoms with Crippen molar-refractivity contribution in [2.45, 2.75) is 37.8 Å². The van der Waals surface area contributed by atoms with Crippen LogP contribution < -0.4 is 5.32 Å². The second-order valence-corrected chi connectivity index (χ2v) is 6.75. The molecular weight excluding hydrogens is 316 g/mol. The highest BCUT2D eigenvalue weighted by Gasteiger charge is 2.34. The molecule has 5 nitrogen and oxygen atoms in total. The van der Waals surface area contributed by atoms with Crippen LogP contribution in [-0.4, -0.2) is 41.0 Å². The van der Waals surface area contributed by atoms with Crippen LogP contribution in [0.2, 0.25) is 5.02 Å². The summed E-state index contributed by atoms with van der Waals surface area (Å²) in [6.45, 7) is 1.25. The van der Waals surface area contributed by atoms with E-state index in [-0.39, 0.29) is 23.8 Å². The standard InChI is InChI=1S/C17H21ClN2O3/c18-13-3-1-11(2-4-13)16(22)12-7-9-20(10-8-12)17(23)14-5-6-15(21)19-14/h1-4,12,14,16,22H,5-10H2,(H,19,21)/t14-,16+/m1/s1. The van der Waals surface area contributed by atoms with E-state index in [0.29, 0.717) is 31.0 Å². The van der Waals surface area contributed by atoms with Gasteiger partial charge >= 0.3 is 0 Å². The SMILES string of the molecule is O=C1CC[C@H](C(=O)N2CCC([C@@H](O)c3ccc(Cl)cc3)CC2)N1. The lowest BCUT2D eigenvalue weighted by molar-refractivity contribution is -0.136. The van der Waals surface area contributed by atoms with Gasteiger partial charge in [-0.15, -0.1) is 0 Å². The smallest absolute Gasteiger partial charge is 0.245 e. The quantitative estimate of drug-likeness (QED) is 0.885. The molecule has 0 spiro atoms. The number of aliphatic hydroxyl groups excluding tert-OH is 1. The fraction of sp³-hybridized carbons (Fsp3) is 0.529. The van der Waals surface area contributed by atoms with E-state index in [4.69, 9.17) is 11.6 Å². The van der Waals surface area contributed by atoms with Crippen molar-refractivity contribution in [3.63, 3.8) is 0 Å². The average molecular weight is 337 g/mol. The number of halogens is 1. The highest BCUT2D eigenvalue weighted by molar-refractivity contribution is 6.30. The lowest BCUT2D eigenvalue weighted by atomic mass is 9.87. The minimum Gasteiger partial charge on any atom is -0.388 e. The number of likely N-dealkylation sites (tertiary alicyclic amines) is 1. The largest absolute Gasteiger partial charge is 0.388 e. The van der Waals surface area contributed by atoms with Gasteiger partial charge in [-0.05, 0) is 42.9 Å². The number of rotatable bonds is 3. The van der Waals surface area contributed by atoms with Crippen LogP contribution in [0.25, 0.3) is 0 Å². The van der Waals surface area contributed by atoms with Crippen LogP contribution >= 0.6 is 11.6 Å². The molecule has 2 aliphatic heterocycles. The van der Waals surface area contributed by atoms with E-state index in [1.54, 1.807) is 17.0 Å². The van der Waals surface area contributed by atoms with Gasteiger partial charge in [0.15, 0.2) is 0 Å². The van der Waals surface area contributed by atoms with Gasteiger partial charge in [0.05, 0.1) is 6.10 Å². The second-order valence-electron chi connectivity index (χ2n) is 6.32. The van der Waals surface area contributed by atoms with Crippen molar-refractivity contribution < 1.29 is 14.7 Å². The van der Waals surface area contributed by atoms with Crippen molar-refractivity contribution in [1.82, 2.24) is 10.2 Å². The van der Waals surface area contributed by atoms with Crippen LogP contribution in [0.5, 0.6) is 0 Å². The van der Waals surface area contributed by atoms with E-state index < -0.39 is 6.10 Å². The highest BCUT2D eigenvalue weighted by Crippen LogP contribution is 2.31. The highest BCUT2D eigenvalue weighted by atomic mass is 35.5. The number of nitrogens with one attached hydrogen (secondary N) is 1. The molecule has 2 aliphatic rings. The molecule has 3 rings (SSSR count). The van der Waals surface area contributed by atoms with Crippen molar-refractivity contribution in [1.29, 1.82) is 0 Å². The van der Waals surface area contributed by atoms with E-state index in [2.05, 4.69) is 5.32 Å². The zero-order valence-corrected chi connectivity index (χ0v) is 13.6. The monoisotopic (exact) mass is 336 g/mol. The number of hydrogen-bond acceptors (Lipinski definition) is 3. The maximum Gasteiger partial charge on any atom is 0.245 e. The molecule has 1 aromatic rings. The summed E-state index contributed by atoms with van der Waals surface area (Å²) >= 11 is 5.87. The molecule has 0 aromatic heterocycles. The van der Waals surface area contributed by atoms with E-state index in [0.717, 1.165) is 18.4 Å². The normalized spacial score (nSPS) is 23.7. The minimum absolute atomic E-state index is 0.00952. The maximum absolute atomic E-state index is 12.4. The number of carbonyl (C=O) groups excluding carboxylic acids is 2. The Bertz CT molecular complexity index is 582. The first-order valence-electron chi connectivity index (χ1n) is 8.06. The number of piperidine rings is 1. The third kappa shape index (κ3) is 3.67. The Morgan fingerprint density at radius 1 is 1.22 bits per heavy atom. The Labute approximate surface area is 140 Å². The summed E-state index contributed by atoms with van der Waals surface area (Å²) in [5.74, 6) is 0.102. The minimum atomic E-state index is -0.532. The van der Waals surface area contributed by atoms with Crippen molar-refractivity contribution in [3.8, 4) is 0 Å². The number of aliphatic hydroxyl groups is 1. The topological polar surface area (TPSA) is 69.6 Å². The molecule has 2 saturated heterocycles.